The minimum atomic E-state index is -1.16. The Morgan fingerprint density at radius 3 is 2.53 bits per heavy atom. The van der Waals surface area contributed by atoms with Crippen molar-refractivity contribution in [3.63, 3.8) is 0 Å². The maximum Gasteiger partial charge on any atom is 0.266 e. The molecule has 7 heterocycles. The van der Waals surface area contributed by atoms with E-state index in [1.807, 2.05) is 50.5 Å². The van der Waals surface area contributed by atoms with E-state index in [2.05, 4.69) is 15.0 Å². The number of piperidine rings is 2. The molecule has 0 bridgehead atoms. The molecule has 0 aliphatic carbocycles. The van der Waals surface area contributed by atoms with E-state index in [4.69, 9.17) is 0 Å². The molecule has 262 valence electrons. The van der Waals surface area contributed by atoms with Crippen molar-refractivity contribution >= 4 is 45.3 Å². The average Bonchev–Trinajstić information content (AvgIpc) is 3.85. The van der Waals surface area contributed by atoms with Gasteiger partial charge in [-0.3, -0.25) is 19.0 Å². The van der Waals surface area contributed by atoms with Crippen molar-refractivity contribution in [2.75, 3.05) is 26.2 Å². The van der Waals surface area contributed by atoms with Crippen LogP contribution in [0.5, 0.6) is 0 Å². The molecule has 1 N–H and O–H groups in total. The Bertz CT molecular complexity index is 2340. The highest BCUT2D eigenvalue weighted by molar-refractivity contribution is 7.17. The third-order valence-corrected chi connectivity index (χ3v) is 11.6. The van der Waals surface area contributed by atoms with Gasteiger partial charge in [0.25, 0.3) is 11.5 Å². The van der Waals surface area contributed by atoms with E-state index in [9.17, 15) is 19.5 Å². The Labute approximate surface area is 296 Å². The number of thiophene rings is 1. The molecule has 1 aromatic carbocycles. The average molecular weight is 709 g/mol. The highest BCUT2D eigenvalue weighted by Gasteiger charge is 2.42. The van der Waals surface area contributed by atoms with E-state index in [-0.39, 0.29) is 35.4 Å². The summed E-state index contributed by atoms with van der Waals surface area (Å²) < 4.78 is 20.4. The number of aliphatic hydroxyl groups is 1. The van der Waals surface area contributed by atoms with Crippen LogP contribution in [0.1, 0.15) is 40.4 Å². The lowest BCUT2D eigenvalue weighted by Gasteiger charge is -2.43. The second-order valence-corrected chi connectivity index (χ2v) is 14.8. The predicted molar refractivity (Wildman–Crippen MR) is 191 cm³/mol. The molecule has 2 saturated heterocycles. The van der Waals surface area contributed by atoms with Gasteiger partial charge in [0.15, 0.2) is 5.65 Å². The summed E-state index contributed by atoms with van der Waals surface area (Å²) in [5, 5.41) is 12.0. The number of halogens is 1. The number of hydrogen-bond acceptors (Lipinski definition) is 8. The molecule has 14 heteroatoms. The topological polar surface area (TPSA) is 131 Å². The lowest BCUT2D eigenvalue weighted by Crippen LogP contribution is -2.53. The van der Waals surface area contributed by atoms with Gasteiger partial charge >= 0.3 is 0 Å². The zero-order valence-corrected chi connectivity index (χ0v) is 29.1. The first-order chi connectivity index (χ1) is 24.6. The Morgan fingerprint density at radius 2 is 1.75 bits per heavy atom. The molecule has 6 aromatic rings. The summed E-state index contributed by atoms with van der Waals surface area (Å²) >= 11 is 1.09. The Hall–Kier alpha value is -5.21. The highest BCUT2D eigenvalue weighted by Crippen LogP contribution is 2.38. The SMILES string of the molecule is Cn1cnc2cc(-c3cc(F)c(C(=O)N4CC[C@@H](C(=O)N5CCC(O)(Cn6cnc7c(ccn7C)c6=O)CC5)[C@H](c5ccccc5)C4)s3)cnc21. The van der Waals surface area contributed by atoms with Crippen molar-refractivity contribution in [3.8, 4) is 10.4 Å². The van der Waals surface area contributed by atoms with E-state index in [0.29, 0.717) is 71.5 Å². The van der Waals surface area contributed by atoms with E-state index in [0.717, 1.165) is 16.9 Å². The summed E-state index contributed by atoms with van der Waals surface area (Å²) in [6.07, 6.45) is 7.63. The van der Waals surface area contributed by atoms with Crippen molar-refractivity contribution < 1.29 is 19.1 Å². The lowest BCUT2D eigenvalue weighted by molar-refractivity contribution is -0.142. The van der Waals surface area contributed by atoms with E-state index in [1.165, 1.54) is 17.0 Å². The fraction of sp³-hybridized carbons (Fsp3) is 0.351. The van der Waals surface area contributed by atoms with Crippen molar-refractivity contribution in [2.45, 2.75) is 37.3 Å². The molecule has 0 unspecified atom stereocenters. The largest absolute Gasteiger partial charge is 0.388 e. The van der Waals surface area contributed by atoms with Gasteiger partial charge in [0.1, 0.15) is 28.2 Å². The lowest BCUT2D eigenvalue weighted by atomic mass is 9.79. The zero-order chi connectivity index (χ0) is 35.4. The third-order valence-electron chi connectivity index (χ3n) is 10.5. The number of nitrogens with zero attached hydrogens (tertiary/aromatic N) is 8. The van der Waals surface area contributed by atoms with Gasteiger partial charge in [0.2, 0.25) is 5.91 Å². The van der Waals surface area contributed by atoms with Crippen LogP contribution in [0.4, 0.5) is 4.39 Å². The minimum Gasteiger partial charge on any atom is -0.388 e. The Balaban J connectivity index is 0.971. The number of fused-ring (bicyclic) bond motifs is 2. The van der Waals surface area contributed by atoms with Crippen LogP contribution >= 0.6 is 11.3 Å². The minimum absolute atomic E-state index is 0.0236. The second kappa shape index (κ2) is 12.8. The van der Waals surface area contributed by atoms with Crippen LogP contribution in [-0.4, -0.2) is 87.2 Å². The summed E-state index contributed by atoms with van der Waals surface area (Å²) in [5.74, 6) is -1.70. The monoisotopic (exact) mass is 708 g/mol. The predicted octanol–water partition coefficient (Wildman–Crippen LogP) is 4.18. The fourth-order valence-electron chi connectivity index (χ4n) is 7.57. The number of rotatable bonds is 6. The molecule has 51 heavy (non-hydrogen) atoms. The van der Waals surface area contributed by atoms with Gasteiger partial charge in [-0.2, -0.15) is 0 Å². The van der Waals surface area contributed by atoms with Crippen LogP contribution in [-0.2, 0) is 25.4 Å². The summed E-state index contributed by atoms with van der Waals surface area (Å²) in [4.78, 5) is 58.4. The molecule has 12 nitrogen and oxygen atoms in total. The quantitative estimate of drug-likeness (QED) is 0.275. The number of aromatic nitrogens is 6. The Morgan fingerprint density at radius 1 is 0.961 bits per heavy atom. The van der Waals surface area contributed by atoms with Crippen LogP contribution in [0.15, 0.2) is 78.4 Å². The van der Waals surface area contributed by atoms with Gasteiger partial charge in [-0.1, -0.05) is 30.3 Å². The number of carbonyl (C=O) groups is 2. The molecule has 0 radical (unpaired) electrons. The number of hydrogen-bond donors (Lipinski definition) is 1. The molecule has 2 fully saturated rings. The first-order valence-electron chi connectivity index (χ1n) is 17.0. The smallest absolute Gasteiger partial charge is 0.266 e. The van der Waals surface area contributed by atoms with Crippen molar-refractivity contribution in [1.82, 2.24) is 38.5 Å². The molecule has 0 spiro atoms. The number of amides is 2. The number of benzene rings is 1. The van der Waals surface area contributed by atoms with Crippen LogP contribution in [0.2, 0.25) is 0 Å². The van der Waals surface area contributed by atoms with Gasteiger partial charge in [0, 0.05) is 74.9 Å². The first kappa shape index (κ1) is 33.0. The maximum atomic E-state index is 15.4. The molecular formula is C37H37FN8O4S. The van der Waals surface area contributed by atoms with Crippen molar-refractivity contribution in [3.05, 3.63) is 100 Å². The Kier molecular flexibility index (Phi) is 8.30. The molecule has 8 rings (SSSR count). The standard InChI is InChI=1S/C37H37FN8O4S/c1-42-12-8-26-32(42)41-22-46(35(26)48)20-37(50)10-14-44(15-11-37)34(47)25-9-13-45(19-27(25)23-6-4-3-5-7-23)36(49)31-28(38)17-30(51-31)24-16-29-33(39-18-24)43(2)21-40-29/h3-8,12,16-18,21-22,25,27,50H,9-11,13-15,19-20H2,1-2H3/t25-,27+/m1/s1. The van der Waals surface area contributed by atoms with E-state index >= 15 is 4.39 Å². The number of pyridine rings is 1. The van der Waals surface area contributed by atoms with Gasteiger partial charge in [-0.25, -0.2) is 19.3 Å². The van der Waals surface area contributed by atoms with Crippen LogP contribution in [0.25, 0.3) is 32.6 Å². The van der Waals surface area contributed by atoms with Gasteiger partial charge in [0.05, 0.1) is 23.9 Å². The summed E-state index contributed by atoms with van der Waals surface area (Å²) in [5.41, 5.74) is 2.24. The zero-order valence-electron chi connectivity index (χ0n) is 28.3. The molecule has 2 aliphatic rings. The summed E-state index contributed by atoms with van der Waals surface area (Å²) in [6.45, 7) is 1.35. The fourth-order valence-corrected chi connectivity index (χ4v) is 8.55. The maximum absolute atomic E-state index is 15.4. The van der Waals surface area contributed by atoms with Crippen LogP contribution in [0, 0.1) is 11.7 Å². The number of carbonyl (C=O) groups excluding carboxylic acids is 2. The number of imidazole rings is 1. The normalized spacial score (nSPS) is 19.2. The summed E-state index contributed by atoms with van der Waals surface area (Å²) in [6, 6.07) is 14.6. The first-order valence-corrected chi connectivity index (χ1v) is 17.8. The highest BCUT2D eigenvalue weighted by atomic mass is 32.1. The van der Waals surface area contributed by atoms with Crippen LogP contribution in [0.3, 0.4) is 0 Å². The molecule has 2 aliphatic heterocycles. The number of aryl methyl sites for hydroxylation is 2. The molecule has 0 saturated carbocycles. The number of likely N-dealkylation sites (tertiary alicyclic amines) is 2. The molecule has 5 aromatic heterocycles. The van der Waals surface area contributed by atoms with E-state index in [1.54, 1.807) is 43.7 Å². The van der Waals surface area contributed by atoms with Gasteiger partial charge in [-0.15, -0.1) is 11.3 Å². The molecule has 2 amide bonds. The van der Waals surface area contributed by atoms with Gasteiger partial charge < -0.3 is 24.0 Å². The molecular weight excluding hydrogens is 672 g/mol. The van der Waals surface area contributed by atoms with Crippen LogP contribution < -0.4 is 5.56 Å². The van der Waals surface area contributed by atoms with Crippen molar-refractivity contribution in [1.29, 1.82) is 0 Å². The second-order valence-electron chi connectivity index (χ2n) is 13.8. The summed E-state index contributed by atoms with van der Waals surface area (Å²) in [7, 11) is 3.68. The van der Waals surface area contributed by atoms with E-state index < -0.39 is 23.2 Å². The molecule has 2 atom stereocenters. The van der Waals surface area contributed by atoms with Gasteiger partial charge in [-0.05, 0) is 43.0 Å². The third kappa shape index (κ3) is 6.01. The van der Waals surface area contributed by atoms with Crippen molar-refractivity contribution in [2.24, 2.45) is 20.0 Å².